The van der Waals surface area contributed by atoms with Gasteiger partial charge in [-0.3, -0.25) is 0 Å². The predicted octanol–water partition coefficient (Wildman–Crippen LogP) is 8.91. The molecule has 2 bridgehead atoms. The van der Waals surface area contributed by atoms with E-state index in [-0.39, 0.29) is 29.4 Å². The molecule has 240 valence electrons. The van der Waals surface area contributed by atoms with E-state index in [1.54, 1.807) is 18.2 Å². The van der Waals surface area contributed by atoms with Crippen LogP contribution >= 0.6 is 41.0 Å². The van der Waals surface area contributed by atoms with E-state index >= 15 is 0 Å². The molecule has 7 heteroatoms. The van der Waals surface area contributed by atoms with Crippen LogP contribution in [0.4, 0.5) is 11.4 Å². The monoisotopic (exact) mass is 701 g/mol. The molecule has 4 aliphatic rings. The van der Waals surface area contributed by atoms with Gasteiger partial charge in [0.1, 0.15) is 5.75 Å². The highest BCUT2D eigenvalue weighted by atomic mass is 79.9. The first-order chi connectivity index (χ1) is 20.4. The van der Waals surface area contributed by atoms with Crippen molar-refractivity contribution < 1.29 is 4.74 Å². The van der Waals surface area contributed by atoms with Crippen molar-refractivity contribution in [2.75, 3.05) is 52.8 Å². The molecule has 2 aliphatic heterocycles. The van der Waals surface area contributed by atoms with Gasteiger partial charge in [0.05, 0.1) is 7.11 Å². The summed E-state index contributed by atoms with van der Waals surface area (Å²) in [4.78, 5) is 7.32. The first-order valence-corrected chi connectivity index (χ1v) is 16.4. The van der Waals surface area contributed by atoms with Crippen LogP contribution in [0.15, 0.2) is 60.7 Å². The number of anilines is 2. The van der Waals surface area contributed by atoms with Crippen molar-refractivity contribution in [3.63, 3.8) is 0 Å². The fraction of sp³-hybridized carbons (Fsp3) is 0.514. The lowest BCUT2D eigenvalue weighted by Crippen LogP contribution is -2.59. The second kappa shape index (κ2) is 15.2. The van der Waals surface area contributed by atoms with E-state index in [0.717, 1.165) is 55.1 Å². The number of rotatable bonds is 5. The topological polar surface area (TPSA) is 19.0 Å². The number of ether oxygens (including phenoxy) is 1. The number of fused-ring (bicyclic) bond motifs is 3. The molecule has 0 unspecified atom stereocenters. The van der Waals surface area contributed by atoms with E-state index in [4.69, 9.17) is 16.3 Å². The average molecular weight is 704 g/mol. The third kappa shape index (κ3) is 6.98. The molecular weight excluding hydrogens is 653 g/mol. The average Bonchev–Trinajstić information content (AvgIpc) is 3.15. The summed E-state index contributed by atoms with van der Waals surface area (Å²) in [6, 6.07) is 22.7. The minimum Gasteiger partial charge on any atom is -0.497 e. The van der Waals surface area contributed by atoms with Crippen LogP contribution in [-0.4, -0.2) is 63.7 Å². The zero-order valence-electron chi connectivity index (χ0n) is 26.9. The number of halogens is 3. The maximum atomic E-state index is 6.27. The van der Waals surface area contributed by atoms with Crippen molar-refractivity contribution in [1.29, 1.82) is 0 Å². The van der Waals surface area contributed by atoms with Gasteiger partial charge in [0.15, 0.2) is 0 Å². The van der Waals surface area contributed by atoms with E-state index in [9.17, 15) is 0 Å². The highest BCUT2D eigenvalue weighted by Gasteiger charge is 2.53. The zero-order chi connectivity index (χ0) is 29.3. The minimum absolute atomic E-state index is 0. The van der Waals surface area contributed by atoms with Crippen molar-refractivity contribution in [3.05, 3.63) is 87.9 Å². The van der Waals surface area contributed by atoms with Crippen molar-refractivity contribution in [2.45, 2.75) is 69.2 Å². The van der Waals surface area contributed by atoms with E-state index < -0.39 is 0 Å². The third-order valence-corrected chi connectivity index (χ3v) is 10.8. The van der Waals surface area contributed by atoms with Gasteiger partial charge in [-0.1, -0.05) is 54.8 Å². The number of hydrogen-bond donors (Lipinski definition) is 0. The summed E-state index contributed by atoms with van der Waals surface area (Å²) in [5.74, 6) is 1.91. The van der Waals surface area contributed by atoms with Crippen LogP contribution in [-0.2, 0) is 24.7 Å². The predicted molar refractivity (Wildman–Crippen MR) is 194 cm³/mol. The lowest BCUT2D eigenvalue weighted by atomic mass is 9.52. The van der Waals surface area contributed by atoms with Crippen molar-refractivity contribution in [1.82, 2.24) is 9.80 Å². The maximum absolute atomic E-state index is 6.27. The molecule has 3 atom stereocenters. The van der Waals surface area contributed by atoms with Gasteiger partial charge < -0.3 is 19.4 Å². The summed E-state index contributed by atoms with van der Waals surface area (Å²) in [5, 5.41) is 0.816. The molecule has 0 spiro atoms. The molecule has 7 rings (SSSR count). The van der Waals surface area contributed by atoms with Gasteiger partial charge >= 0.3 is 0 Å². The molecule has 1 saturated carbocycles. The van der Waals surface area contributed by atoms with Gasteiger partial charge in [0.2, 0.25) is 0 Å². The summed E-state index contributed by atoms with van der Waals surface area (Å²) in [6.07, 6.45) is 11.5. The molecular formula is C37H50BrCl2N3O. The lowest BCUT2D eigenvalue weighted by molar-refractivity contribution is 0.00274. The third-order valence-electron chi connectivity index (χ3n) is 10.6. The quantitative estimate of drug-likeness (QED) is 0.264. The highest BCUT2D eigenvalue weighted by molar-refractivity contribution is 8.93. The van der Waals surface area contributed by atoms with Gasteiger partial charge in [-0.05, 0) is 138 Å². The van der Waals surface area contributed by atoms with Gasteiger partial charge in [-0.15, -0.1) is 29.4 Å². The van der Waals surface area contributed by atoms with E-state index in [0.29, 0.717) is 5.41 Å². The molecule has 0 N–H and O–H groups in total. The van der Waals surface area contributed by atoms with Gasteiger partial charge in [-0.25, -0.2) is 0 Å². The van der Waals surface area contributed by atoms with E-state index in [1.807, 2.05) is 6.07 Å². The molecule has 2 aliphatic carbocycles. The Morgan fingerprint density at radius 3 is 2.45 bits per heavy atom. The Labute approximate surface area is 287 Å². The molecule has 2 fully saturated rings. The summed E-state index contributed by atoms with van der Waals surface area (Å²) in [6.45, 7) is 3.37. The van der Waals surface area contributed by atoms with Gasteiger partial charge in [-0.2, -0.15) is 0 Å². The van der Waals surface area contributed by atoms with Crippen LogP contribution in [0.1, 0.15) is 60.8 Å². The number of likely N-dealkylation sites (N-methyl/N-ethyl adjacent to an activating group) is 1. The Bertz CT molecular complexity index is 1400. The number of methoxy groups -OCH3 is 1. The maximum Gasteiger partial charge on any atom is 0.119 e. The summed E-state index contributed by atoms with van der Waals surface area (Å²) in [7, 11) is 8.37. The molecule has 2 heterocycles. The second-order valence-electron chi connectivity index (χ2n) is 13.2. The number of benzene rings is 3. The van der Waals surface area contributed by atoms with Crippen LogP contribution in [0, 0.1) is 5.92 Å². The molecule has 3 aromatic carbocycles. The second-order valence-corrected chi connectivity index (χ2v) is 13.7. The molecule has 1 saturated heterocycles. The lowest BCUT2D eigenvalue weighted by Gasteiger charge is -2.58. The summed E-state index contributed by atoms with van der Waals surface area (Å²) >= 11 is 6.27. The first-order valence-electron chi connectivity index (χ1n) is 16.1. The molecule has 0 radical (unpaired) electrons. The zero-order valence-corrected chi connectivity index (χ0v) is 30.1. The standard InChI is InChI=1S/C19H23ClN2.C18H25NO.BrH.ClH/c1-21(2)12-5-13-22-18-7-4-3-6-15(18)8-9-16-10-11-17(20)14-19(16)22;1-19-10-9-18-8-4-3-5-15(18)17(19)11-13-6-7-14(20-2)12-16(13)18;;/h3-4,6-7,10-11,14H,5,8-9,12-13H2,1-2H3;6-7,12,15,17H,3-5,8-11H2,1-2H3;2*1H/t;15-,17+,18+;;/m.1../s1. The molecule has 3 aromatic rings. The fourth-order valence-electron chi connectivity index (χ4n) is 8.47. The van der Waals surface area contributed by atoms with Crippen LogP contribution in [0.3, 0.4) is 0 Å². The molecule has 0 amide bonds. The summed E-state index contributed by atoms with van der Waals surface area (Å²) < 4.78 is 5.51. The Morgan fingerprint density at radius 2 is 1.68 bits per heavy atom. The highest BCUT2D eigenvalue weighted by Crippen LogP contribution is 2.56. The van der Waals surface area contributed by atoms with Crippen molar-refractivity contribution in [3.8, 4) is 5.75 Å². The van der Waals surface area contributed by atoms with Gasteiger partial charge in [0, 0.05) is 34.4 Å². The number of nitrogens with zero attached hydrogens (tertiary/aromatic N) is 3. The van der Waals surface area contributed by atoms with Crippen LogP contribution < -0.4 is 9.64 Å². The Kier molecular flexibility index (Phi) is 12.1. The smallest absolute Gasteiger partial charge is 0.119 e. The van der Waals surface area contributed by atoms with Gasteiger partial charge in [0.25, 0.3) is 0 Å². The normalized spacial score (nSPS) is 23.3. The van der Waals surface area contributed by atoms with E-state index in [1.165, 1.54) is 67.6 Å². The minimum atomic E-state index is 0. The number of para-hydroxylation sites is 1. The fourth-order valence-corrected chi connectivity index (χ4v) is 8.64. The number of piperidine rings is 1. The van der Waals surface area contributed by atoms with Crippen LogP contribution in [0.25, 0.3) is 0 Å². The summed E-state index contributed by atoms with van der Waals surface area (Å²) in [5.41, 5.74) is 9.10. The number of aryl methyl sites for hydroxylation is 2. The molecule has 4 nitrogen and oxygen atoms in total. The Hall–Kier alpha value is -1.76. The van der Waals surface area contributed by atoms with Crippen molar-refractivity contribution in [2.24, 2.45) is 5.92 Å². The van der Waals surface area contributed by atoms with Crippen molar-refractivity contribution >= 4 is 52.4 Å². The van der Waals surface area contributed by atoms with Crippen LogP contribution in [0.5, 0.6) is 5.75 Å². The first kappa shape index (κ1) is 35.1. The van der Waals surface area contributed by atoms with Crippen LogP contribution in [0.2, 0.25) is 5.02 Å². The largest absolute Gasteiger partial charge is 0.497 e. The SMILES string of the molecule is Br.CN(C)CCCN1c2ccccc2CCc2ccc(Cl)cc21.COc1ccc2c(c1)[C@]13CCCC[C@@H]1[C@H](C2)N(C)CC3.Cl. The van der Waals surface area contributed by atoms with E-state index in [2.05, 4.69) is 90.4 Å². The molecule has 44 heavy (non-hydrogen) atoms. The number of likely N-dealkylation sites (tertiary alicyclic amines) is 1. The Balaban J connectivity index is 0.000000193. The molecule has 0 aromatic heterocycles. The Morgan fingerprint density at radius 1 is 0.932 bits per heavy atom. The number of hydrogen-bond acceptors (Lipinski definition) is 4.